The third kappa shape index (κ3) is 4.09. The minimum absolute atomic E-state index is 0.00743. The molecule has 0 spiro atoms. The Kier molecular flexibility index (Phi) is 4.25. The molecule has 1 fully saturated rings. The van der Waals surface area contributed by atoms with Crippen LogP contribution in [0.3, 0.4) is 0 Å². The largest absolute Gasteiger partial charge is 0.481 e. The summed E-state index contributed by atoms with van der Waals surface area (Å²) in [7, 11) is 0. The molecule has 1 aliphatic carbocycles. The van der Waals surface area contributed by atoms with Gasteiger partial charge in [0.25, 0.3) is 5.91 Å². The maximum Gasteiger partial charge on any atom is 0.422 e. The van der Waals surface area contributed by atoms with Gasteiger partial charge in [-0.25, -0.2) is 4.98 Å². The van der Waals surface area contributed by atoms with E-state index in [1.54, 1.807) is 0 Å². The maximum atomic E-state index is 12.0. The summed E-state index contributed by atoms with van der Waals surface area (Å²) in [6.07, 6.45) is -2.38. The fourth-order valence-corrected chi connectivity index (χ4v) is 1.72. The third-order valence-corrected chi connectivity index (χ3v) is 3.28. The average Bonchev–Trinajstić information content (AvgIpc) is 3.23. The summed E-state index contributed by atoms with van der Waals surface area (Å²) in [5.41, 5.74) is -0.778. The number of nitrogens with one attached hydrogen (secondary N) is 1. The summed E-state index contributed by atoms with van der Waals surface area (Å²) in [5, 5.41) is 11.5. The number of aromatic nitrogens is 1. The Bertz CT molecular complexity index is 568. The summed E-state index contributed by atoms with van der Waals surface area (Å²) in [6, 6.07) is 2.40. The lowest BCUT2D eigenvalue weighted by atomic mass is 10.1. The second-order valence-corrected chi connectivity index (χ2v) is 5.06. The van der Waals surface area contributed by atoms with Crippen LogP contribution < -0.4 is 10.1 Å². The molecular weight excluding hydrogens is 305 g/mol. The predicted molar refractivity (Wildman–Crippen MR) is 67.4 cm³/mol. The molecule has 2 N–H and O–H groups in total. The van der Waals surface area contributed by atoms with Crippen molar-refractivity contribution in [3.05, 3.63) is 23.9 Å². The van der Waals surface area contributed by atoms with Crippen molar-refractivity contribution >= 4 is 11.9 Å². The highest BCUT2D eigenvalue weighted by Crippen LogP contribution is 2.45. The van der Waals surface area contributed by atoms with Crippen LogP contribution in [-0.4, -0.2) is 41.3 Å². The standard InChI is InChI=1S/C13H13F3N2O4/c14-13(15,16)7-22-9-2-1-8(5-17-9)10(19)18-6-12(3-4-12)11(20)21/h1-2,5H,3-4,6-7H2,(H,18,19)(H,20,21). The van der Waals surface area contributed by atoms with E-state index < -0.39 is 30.1 Å². The minimum atomic E-state index is -4.47. The van der Waals surface area contributed by atoms with Crippen molar-refractivity contribution in [1.29, 1.82) is 0 Å². The van der Waals surface area contributed by atoms with E-state index in [9.17, 15) is 22.8 Å². The normalized spacial score (nSPS) is 16.0. The van der Waals surface area contributed by atoms with Crippen LogP contribution in [0.4, 0.5) is 13.2 Å². The van der Waals surface area contributed by atoms with E-state index in [4.69, 9.17) is 5.11 Å². The van der Waals surface area contributed by atoms with E-state index in [1.165, 1.54) is 6.07 Å². The highest BCUT2D eigenvalue weighted by atomic mass is 19.4. The zero-order valence-corrected chi connectivity index (χ0v) is 11.3. The van der Waals surface area contributed by atoms with Gasteiger partial charge < -0.3 is 15.2 Å². The number of carbonyl (C=O) groups is 2. The molecule has 0 aliphatic heterocycles. The Balaban J connectivity index is 1.87. The van der Waals surface area contributed by atoms with Crippen molar-refractivity contribution in [2.24, 2.45) is 5.41 Å². The van der Waals surface area contributed by atoms with Crippen LogP contribution in [0.1, 0.15) is 23.2 Å². The van der Waals surface area contributed by atoms with E-state index in [2.05, 4.69) is 15.0 Å². The quantitative estimate of drug-likeness (QED) is 0.832. The summed E-state index contributed by atoms with van der Waals surface area (Å²) in [6.45, 7) is -1.46. The van der Waals surface area contributed by atoms with Crippen molar-refractivity contribution in [3.63, 3.8) is 0 Å². The number of halogens is 3. The maximum absolute atomic E-state index is 12.0. The first-order valence-corrected chi connectivity index (χ1v) is 6.39. The van der Waals surface area contributed by atoms with Crippen molar-refractivity contribution in [1.82, 2.24) is 10.3 Å². The molecule has 1 heterocycles. The molecule has 0 aromatic carbocycles. The Morgan fingerprint density at radius 3 is 2.50 bits per heavy atom. The summed E-state index contributed by atoms with van der Waals surface area (Å²) >= 11 is 0. The van der Waals surface area contributed by atoms with Gasteiger partial charge in [0, 0.05) is 18.8 Å². The van der Waals surface area contributed by atoms with Crippen molar-refractivity contribution < 1.29 is 32.6 Å². The molecule has 120 valence electrons. The van der Waals surface area contributed by atoms with Crippen molar-refractivity contribution in [3.8, 4) is 5.88 Å². The number of alkyl halides is 3. The van der Waals surface area contributed by atoms with Gasteiger partial charge in [-0.05, 0) is 18.9 Å². The lowest BCUT2D eigenvalue weighted by Crippen LogP contribution is -2.34. The Labute approximate surface area is 123 Å². The number of carboxylic acids is 1. The third-order valence-electron chi connectivity index (χ3n) is 3.28. The smallest absolute Gasteiger partial charge is 0.422 e. The molecule has 1 aromatic heterocycles. The van der Waals surface area contributed by atoms with Crippen LogP contribution in [0.25, 0.3) is 0 Å². The van der Waals surface area contributed by atoms with Gasteiger partial charge in [-0.15, -0.1) is 0 Å². The summed E-state index contributed by atoms with van der Waals surface area (Å²) in [5.74, 6) is -1.75. The second kappa shape index (κ2) is 5.82. The molecule has 0 saturated heterocycles. The first-order valence-electron chi connectivity index (χ1n) is 6.39. The van der Waals surface area contributed by atoms with E-state index in [0.29, 0.717) is 12.8 Å². The lowest BCUT2D eigenvalue weighted by Gasteiger charge is -2.11. The first kappa shape index (κ1) is 16.1. The number of rotatable bonds is 6. The van der Waals surface area contributed by atoms with E-state index in [-0.39, 0.29) is 18.0 Å². The SMILES string of the molecule is O=C(NCC1(C(=O)O)CC1)c1ccc(OCC(F)(F)F)nc1. The Morgan fingerprint density at radius 2 is 2.05 bits per heavy atom. The molecule has 6 nitrogen and oxygen atoms in total. The monoisotopic (exact) mass is 318 g/mol. The van der Waals surface area contributed by atoms with E-state index >= 15 is 0 Å². The van der Waals surface area contributed by atoms with Gasteiger partial charge in [0.05, 0.1) is 11.0 Å². The van der Waals surface area contributed by atoms with Crippen LogP contribution in [0, 0.1) is 5.41 Å². The number of carbonyl (C=O) groups excluding carboxylic acids is 1. The van der Waals surface area contributed by atoms with Crippen LogP contribution in [-0.2, 0) is 4.79 Å². The molecule has 0 radical (unpaired) electrons. The van der Waals surface area contributed by atoms with Gasteiger partial charge in [0.15, 0.2) is 6.61 Å². The number of amides is 1. The molecular formula is C13H13F3N2O4. The van der Waals surface area contributed by atoms with E-state index in [0.717, 1.165) is 12.3 Å². The number of ether oxygens (including phenoxy) is 1. The molecule has 2 rings (SSSR count). The number of nitrogens with zero attached hydrogens (tertiary/aromatic N) is 1. The highest BCUT2D eigenvalue weighted by molar-refractivity contribution is 5.94. The van der Waals surface area contributed by atoms with Gasteiger partial charge in [-0.3, -0.25) is 9.59 Å². The number of hydrogen-bond acceptors (Lipinski definition) is 4. The molecule has 0 bridgehead atoms. The van der Waals surface area contributed by atoms with Gasteiger partial charge in [0.1, 0.15) is 0 Å². The van der Waals surface area contributed by atoms with Gasteiger partial charge >= 0.3 is 12.1 Å². The van der Waals surface area contributed by atoms with Crippen LogP contribution in [0.15, 0.2) is 18.3 Å². The Hall–Kier alpha value is -2.32. The number of pyridine rings is 1. The fourth-order valence-electron chi connectivity index (χ4n) is 1.72. The second-order valence-electron chi connectivity index (χ2n) is 5.06. The summed E-state index contributed by atoms with van der Waals surface area (Å²) < 4.78 is 40.3. The van der Waals surface area contributed by atoms with Crippen LogP contribution in [0.5, 0.6) is 5.88 Å². The molecule has 1 aromatic rings. The molecule has 9 heteroatoms. The number of aliphatic carboxylic acids is 1. The Morgan fingerprint density at radius 1 is 1.36 bits per heavy atom. The molecule has 0 unspecified atom stereocenters. The topological polar surface area (TPSA) is 88.5 Å². The fraction of sp³-hybridized carbons (Fsp3) is 0.462. The summed E-state index contributed by atoms with van der Waals surface area (Å²) in [4.78, 5) is 26.4. The zero-order valence-electron chi connectivity index (χ0n) is 11.3. The number of carboxylic acid groups (broad SMARTS) is 1. The first-order chi connectivity index (χ1) is 10.2. The molecule has 0 atom stereocenters. The molecule has 22 heavy (non-hydrogen) atoms. The van der Waals surface area contributed by atoms with E-state index in [1.807, 2.05) is 0 Å². The van der Waals surface area contributed by atoms with Crippen molar-refractivity contribution in [2.45, 2.75) is 19.0 Å². The van der Waals surface area contributed by atoms with Crippen LogP contribution in [0.2, 0.25) is 0 Å². The lowest BCUT2D eigenvalue weighted by molar-refractivity contribution is -0.154. The van der Waals surface area contributed by atoms with Gasteiger partial charge in [0.2, 0.25) is 5.88 Å². The predicted octanol–water partition coefficient (Wildman–Crippen LogP) is 1.62. The van der Waals surface area contributed by atoms with Gasteiger partial charge in [-0.2, -0.15) is 13.2 Å². The minimum Gasteiger partial charge on any atom is -0.481 e. The molecule has 1 aliphatic rings. The number of hydrogen-bond donors (Lipinski definition) is 2. The highest BCUT2D eigenvalue weighted by Gasteiger charge is 2.50. The van der Waals surface area contributed by atoms with Gasteiger partial charge in [-0.1, -0.05) is 0 Å². The zero-order chi connectivity index (χ0) is 16.4. The molecule has 1 amide bonds. The van der Waals surface area contributed by atoms with Crippen LogP contribution >= 0.6 is 0 Å². The average molecular weight is 318 g/mol. The molecule has 1 saturated carbocycles. The van der Waals surface area contributed by atoms with Crippen molar-refractivity contribution in [2.75, 3.05) is 13.2 Å².